The number of benzene rings is 1. The van der Waals surface area contributed by atoms with Gasteiger partial charge in [-0.05, 0) is 63.6 Å². The van der Waals surface area contributed by atoms with Crippen LogP contribution in [0.1, 0.15) is 58.6 Å². The molecule has 1 saturated heterocycles. The molecule has 0 aliphatic carbocycles. The van der Waals surface area contributed by atoms with Gasteiger partial charge in [-0.2, -0.15) is 0 Å². The molecule has 7 nitrogen and oxygen atoms in total. The van der Waals surface area contributed by atoms with Gasteiger partial charge in [0.25, 0.3) is 0 Å². The SMILES string of the molecule is CC1=C(C(=O)OC(C)(C)C)[C@H](c2ccc(Cl)cc2)N2C(CC(=O)NC[C@@H]3CCCO3)=CSC2=N1. The molecule has 1 aromatic rings. The predicted octanol–water partition coefficient (Wildman–Crippen LogP) is 4.94. The minimum Gasteiger partial charge on any atom is -0.456 e. The Morgan fingerprint density at radius 3 is 2.68 bits per heavy atom. The highest BCUT2D eigenvalue weighted by molar-refractivity contribution is 8.16. The third kappa shape index (κ3) is 5.67. The molecular weight excluding hydrogens is 474 g/mol. The number of carbonyl (C=O) groups is 2. The number of nitrogens with zero attached hydrogens (tertiary/aromatic N) is 2. The number of hydrogen-bond acceptors (Lipinski definition) is 7. The van der Waals surface area contributed by atoms with Gasteiger partial charge in [-0.1, -0.05) is 35.5 Å². The Morgan fingerprint density at radius 2 is 2.03 bits per heavy atom. The first-order valence-corrected chi connectivity index (χ1v) is 12.7. The van der Waals surface area contributed by atoms with Crippen LogP contribution in [0.4, 0.5) is 0 Å². The first-order chi connectivity index (χ1) is 16.1. The molecule has 0 bridgehead atoms. The molecule has 0 saturated carbocycles. The lowest BCUT2D eigenvalue weighted by molar-refractivity contribution is -0.150. The van der Waals surface area contributed by atoms with Crippen LogP contribution in [0.5, 0.6) is 0 Å². The van der Waals surface area contributed by atoms with Crippen LogP contribution in [-0.2, 0) is 19.1 Å². The number of hydrogen-bond donors (Lipinski definition) is 1. The van der Waals surface area contributed by atoms with Crippen molar-refractivity contribution in [2.75, 3.05) is 13.2 Å². The van der Waals surface area contributed by atoms with Crippen LogP contribution in [0.3, 0.4) is 0 Å². The fourth-order valence-corrected chi connectivity index (χ4v) is 5.27. The Kier molecular flexibility index (Phi) is 7.40. The first kappa shape index (κ1) is 24.8. The Balaban J connectivity index is 1.61. The van der Waals surface area contributed by atoms with Gasteiger partial charge in [-0.15, -0.1) is 0 Å². The van der Waals surface area contributed by atoms with E-state index in [1.54, 1.807) is 12.1 Å². The summed E-state index contributed by atoms with van der Waals surface area (Å²) in [7, 11) is 0. The molecular formula is C25H30ClN3O4S. The molecule has 0 aromatic heterocycles. The van der Waals surface area contributed by atoms with Gasteiger partial charge in [0.2, 0.25) is 5.91 Å². The van der Waals surface area contributed by atoms with Crippen LogP contribution < -0.4 is 5.32 Å². The minimum atomic E-state index is -0.653. The number of allylic oxidation sites excluding steroid dienone is 1. The Bertz CT molecular complexity index is 1050. The fraction of sp³-hybridized carbons (Fsp3) is 0.480. The topological polar surface area (TPSA) is 80.2 Å². The predicted molar refractivity (Wildman–Crippen MR) is 134 cm³/mol. The number of halogens is 1. The van der Waals surface area contributed by atoms with Gasteiger partial charge in [0, 0.05) is 23.9 Å². The maximum atomic E-state index is 13.3. The number of carbonyl (C=O) groups excluding carboxylic acids is 2. The summed E-state index contributed by atoms with van der Waals surface area (Å²) in [5.74, 6) is -0.518. The fourth-order valence-electron chi connectivity index (χ4n) is 4.18. The van der Waals surface area contributed by atoms with E-state index >= 15 is 0 Å². The molecule has 0 unspecified atom stereocenters. The number of aliphatic imine (C=N–C) groups is 1. The quantitative estimate of drug-likeness (QED) is 0.554. The Hall–Kier alpha value is -2.29. The molecule has 0 spiro atoms. The molecule has 1 fully saturated rings. The maximum Gasteiger partial charge on any atom is 0.338 e. The van der Waals surface area contributed by atoms with Crippen molar-refractivity contribution in [3.8, 4) is 0 Å². The van der Waals surface area contributed by atoms with E-state index in [-0.39, 0.29) is 18.4 Å². The van der Waals surface area contributed by atoms with Gasteiger partial charge in [0.1, 0.15) is 5.60 Å². The number of nitrogens with one attached hydrogen (secondary N) is 1. The van der Waals surface area contributed by atoms with Crippen molar-refractivity contribution in [2.45, 2.75) is 64.7 Å². The molecule has 182 valence electrons. The lowest BCUT2D eigenvalue weighted by Gasteiger charge is -2.37. The van der Waals surface area contributed by atoms with Gasteiger partial charge in [0.05, 0.1) is 29.8 Å². The molecule has 1 aromatic carbocycles. The van der Waals surface area contributed by atoms with Crippen LogP contribution in [0.2, 0.25) is 5.02 Å². The van der Waals surface area contributed by atoms with E-state index < -0.39 is 17.6 Å². The number of fused-ring (bicyclic) bond motifs is 1. The van der Waals surface area contributed by atoms with Crippen LogP contribution in [0, 0.1) is 0 Å². The average Bonchev–Trinajstić information content (AvgIpc) is 3.41. The molecule has 3 aliphatic rings. The van der Waals surface area contributed by atoms with E-state index in [4.69, 9.17) is 26.1 Å². The molecule has 1 N–H and O–H groups in total. The molecule has 0 radical (unpaired) electrons. The van der Waals surface area contributed by atoms with E-state index in [1.165, 1.54) is 11.8 Å². The Morgan fingerprint density at radius 1 is 1.29 bits per heavy atom. The number of esters is 1. The van der Waals surface area contributed by atoms with Crippen molar-refractivity contribution in [1.82, 2.24) is 10.2 Å². The van der Waals surface area contributed by atoms with Crippen LogP contribution in [0.25, 0.3) is 0 Å². The number of thioether (sulfide) groups is 1. The second kappa shape index (κ2) is 10.1. The molecule has 3 heterocycles. The van der Waals surface area contributed by atoms with Crippen molar-refractivity contribution in [1.29, 1.82) is 0 Å². The second-order valence-corrected chi connectivity index (χ2v) is 10.8. The van der Waals surface area contributed by atoms with Gasteiger partial charge in [0.15, 0.2) is 5.17 Å². The van der Waals surface area contributed by atoms with Crippen LogP contribution in [0.15, 0.2) is 51.6 Å². The van der Waals surface area contributed by atoms with Gasteiger partial charge >= 0.3 is 5.97 Å². The standard InChI is InChI=1S/C25H30ClN3O4S/c1-15-21(23(31)33-25(2,3)4)22(16-7-9-17(26)10-8-16)29-18(14-34-24(29)28-15)12-20(30)27-13-19-6-5-11-32-19/h7-10,14,19,22H,5-6,11-13H2,1-4H3,(H,27,30)/t19-,22-/m0/s1. The van der Waals surface area contributed by atoms with E-state index in [2.05, 4.69) is 5.32 Å². The highest BCUT2D eigenvalue weighted by Crippen LogP contribution is 2.45. The van der Waals surface area contributed by atoms with E-state index in [0.717, 1.165) is 35.9 Å². The summed E-state index contributed by atoms with van der Waals surface area (Å²) >= 11 is 7.59. The second-order valence-electron chi connectivity index (χ2n) is 9.56. The summed E-state index contributed by atoms with van der Waals surface area (Å²) in [5.41, 5.74) is 2.05. The summed E-state index contributed by atoms with van der Waals surface area (Å²) in [4.78, 5) is 32.8. The summed E-state index contributed by atoms with van der Waals surface area (Å²) in [6.07, 6.45) is 2.24. The zero-order valence-electron chi connectivity index (χ0n) is 19.9. The van der Waals surface area contributed by atoms with Gasteiger partial charge in [-0.25, -0.2) is 9.79 Å². The number of amides is 1. The normalized spacial score (nSPS) is 22.3. The monoisotopic (exact) mass is 503 g/mol. The number of ether oxygens (including phenoxy) is 2. The minimum absolute atomic E-state index is 0.0779. The van der Waals surface area contributed by atoms with Crippen molar-refractivity contribution < 1.29 is 19.1 Å². The van der Waals surface area contributed by atoms with Gasteiger partial charge < -0.3 is 19.7 Å². The number of amidine groups is 1. The smallest absolute Gasteiger partial charge is 0.338 e. The molecule has 9 heteroatoms. The van der Waals surface area contributed by atoms with Gasteiger partial charge in [-0.3, -0.25) is 4.79 Å². The van der Waals surface area contributed by atoms with Crippen molar-refractivity contribution >= 4 is 40.4 Å². The first-order valence-electron chi connectivity index (χ1n) is 11.4. The van der Waals surface area contributed by atoms with Crippen LogP contribution in [-0.4, -0.2) is 46.8 Å². The summed E-state index contributed by atoms with van der Waals surface area (Å²) in [5, 5.41) is 6.24. The van der Waals surface area contributed by atoms with Crippen molar-refractivity contribution in [2.24, 2.45) is 4.99 Å². The highest BCUT2D eigenvalue weighted by Gasteiger charge is 2.41. The van der Waals surface area contributed by atoms with E-state index in [9.17, 15) is 9.59 Å². The zero-order chi connectivity index (χ0) is 24.5. The lowest BCUT2D eigenvalue weighted by atomic mass is 9.93. The molecule has 2 atom stereocenters. The molecule has 1 amide bonds. The Labute approximate surface area is 209 Å². The third-order valence-corrected chi connectivity index (χ3v) is 6.84. The summed E-state index contributed by atoms with van der Waals surface area (Å²) in [6, 6.07) is 6.90. The zero-order valence-corrected chi connectivity index (χ0v) is 21.5. The molecule has 34 heavy (non-hydrogen) atoms. The van der Waals surface area contributed by atoms with Crippen molar-refractivity contribution in [3.05, 3.63) is 57.2 Å². The molecule has 3 aliphatic heterocycles. The average molecular weight is 504 g/mol. The van der Waals surface area contributed by atoms with Crippen molar-refractivity contribution in [3.63, 3.8) is 0 Å². The maximum absolute atomic E-state index is 13.3. The third-order valence-electron chi connectivity index (χ3n) is 5.70. The summed E-state index contributed by atoms with van der Waals surface area (Å²) in [6.45, 7) is 8.58. The van der Waals surface area contributed by atoms with Crippen LogP contribution >= 0.6 is 23.4 Å². The summed E-state index contributed by atoms with van der Waals surface area (Å²) < 4.78 is 11.3. The highest BCUT2D eigenvalue weighted by atomic mass is 35.5. The largest absolute Gasteiger partial charge is 0.456 e. The molecule has 4 rings (SSSR count). The lowest BCUT2D eigenvalue weighted by Crippen LogP contribution is -2.39. The number of rotatable bonds is 6. The van der Waals surface area contributed by atoms with E-state index in [0.29, 0.717) is 22.8 Å². The van der Waals surface area contributed by atoms with E-state index in [1.807, 2.05) is 50.1 Å².